The molecule has 0 unspecified atom stereocenters. The monoisotopic (exact) mass is 318 g/mol. The van der Waals surface area contributed by atoms with Gasteiger partial charge >= 0.3 is 0 Å². The normalized spacial score (nSPS) is 12.5. The minimum atomic E-state index is 0.262. The van der Waals surface area contributed by atoms with E-state index in [-0.39, 0.29) is 12.1 Å². The van der Waals surface area contributed by atoms with Gasteiger partial charge in [-0.1, -0.05) is 28.1 Å². The molecule has 0 N–H and O–H groups in total. The topological polar surface area (TPSA) is 0 Å². The molecule has 2 aromatic rings. The summed E-state index contributed by atoms with van der Waals surface area (Å²) in [5.41, 5.74) is 0.979. The third-order valence-corrected chi connectivity index (χ3v) is 3.61. The van der Waals surface area contributed by atoms with Crippen LogP contribution in [-0.4, -0.2) is 0 Å². The molecule has 0 bridgehead atoms. The van der Waals surface area contributed by atoms with Crippen LogP contribution in [-0.2, 0) is 0 Å². The van der Waals surface area contributed by atoms with Crippen molar-refractivity contribution in [3.05, 3.63) is 44.6 Å². The molecule has 0 saturated heterocycles. The fraction of sp³-hybridized carbons (Fsp3) is 0. The van der Waals surface area contributed by atoms with Crippen LogP contribution < -0.4 is 0 Å². The molecule has 0 amide bonds. The van der Waals surface area contributed by atoms with Crippen molar-refractivity contribution >= 4 is 43.2 Å². The molecule has 0 aliphatic rings. The predicted molar refractivity (Wildman–Crippen MR) is 65.2 cm³/mol. The summed E-state index contributed by atoms with van der Waals surface area (Å²) >= 11 is 8.07. The SMILES string of the molecule is [2H]c1c(Br)sc(-c2ccc(Br)cc2)c1[2H]. The van der Waals surface area contributed by atoms with E-state index in [4.69, 9.17) is 2.74 Å². The first-order chi connectivity index (χ1) is 7.09. The van der Waals surface area contributed by atoms with Crippen LogP contribution in [0.5, 0.6) is 0 Å². The van der Waals surface area contributed by atoms with E-state index in [1.807, 2.05) is 24.3 Å². The van der Waals surface area contributed by atoms with Gasteiger partial charge in [0, 0.05) is 9.35 Å². The third-order valence-electron chi connectivity index (χ3n) is 1.57. The van der Waals surface area contributed by atoms with Crippen LogP contribution in [0.25, 0.3) is 10.4 Å². The van der Waals surface area contributed by atoms with E-state index in [2.05, 4.69) is 31.9 Å². The first-order valence-electron chi connectivity index (χ1n) is 4.61. The van der Waals surface area contributed by atoms with E-state index < -0.39 is 0 Å². The second-order valence-corrected chi connectivity index (χ2v) is 5.72. The van der Waals surface area contributed by atoms with Crippen LogP contribution in [0.2, 0.25) is 0 Å². The molecular formula is C10H6Br2S. The number of hydrogen-bond donors (Lipinski definition) is 0. The maximum Gasteiger partial charge on any atom is 0.0705 e. The zero-order chi connectivity index (χ0) is 11.0. The molecule has 0 atom stereocenters. The van der Waals surface area contributed by atoms with E-state index in [1.165, 1.54) is 11.3 Å². The Bertz CT molecular complexity index is 491. The lowest BCUT2D eigenvalue weighted by Gasteiger charge is -1.96. The second-order valence-electron chi connectivity index (χ2n) is 2.46. The van der Waals surface area contributed by atoms with Crippen LogP contribution in [0.15, 0.2) is 44.6 Å². The Morgan fingerprint density at radius 2 is 1.77 bits per heavy atom. The van der Waals surface area contributed by atoms with Gasteiger partial charge in [0.15, 0.2) is 0 Å². The lowest BCUT2D eigenvalue weighted by atomic mass is 10.2. The van der Waals surface area contributed by atoms with Crippen LogP contribution in [0.3, 0.4) is 0 Å². The quantitative estimate of drug-likeness (QED) is 0.698. The summed E-state index contributed by atoms with van der Waals surface area (Å²) in [6, 6.07) is 8.31. The van der Waals surface area contributed by atoms with E-state index in [1.54, 1.807) is 0 Å². The van der Waals surface area contributed by atoms with Gasteiger partial charge in [0.05, 0.1) is 6.53 Å². The van der Waals surface area contributed by atoms with E-state index in [0.717, 1.165) is 14.9 Å². The Hall–Kier alpha value is -0.120. The molecule has 13 heavy (non-hydrogen) atoms. The number of hydrogen-bond acceptors (Lipinski definition) is 1. The Labute approximate surface area is 101 Å². The maximum atomic E-state index is 7.79. The summed E-state index contributed by atoms with van der Waals surface area (Å²) in [5, 5.41) is 0. The van der Waals surface area contributed by atoms with Crippen molar-refractivity contribution in [1.82, 2.24) is 0 Å². The van der Waals surface area contributed by atoms with Crippen molar-refractivity contribution in [2.75, 3.05) is 0 Å². The maximum absolute atomic E-state index is 7.79. The number of benzene rings is 1. The smallest absolute Gasteiger partial charge is 0.0705 e. The van der Waals surface area contributed by atoms with Gasteiger partial charge in [0.1, 0.15) is 0 Å². The Balaban J connectivity index is 2.54. The summed E-state index contributed by atoms with van der Waals surface area (Å²) in [5.74, 6) is 0. The van der Waals surface area contributed by atoms with Gasteiger partial charge in [-0.25, -0.2) is 0 Å². The fourth-order valence-corrected chi connectivity index (χ4v) is 2.47. The van der Waals surface area contributed by atoms with Crippen molar-refractivity contribution in [2.24, 2.45) is 0 Å². The molecule has 0 aliphatic carbocycles. The van der Waals surface area contributed by atoms with Crippen molar-refractivity contribution < 1.29 is 2.74 Å². The number of rotatable bonds is 1. The Morgan fingerprint density at radius 1 is 1.08 bits per heavy atom. The van der Waals surface area contributed by atoms with Crippen molar-refractivity contribution in [1.29, 1.82) is 0 Å². The van der Waals surface area contributed by atoms with E-state index in [0.29, 0.717) is 3.79 Å². The third kappa shape index (κ3) is 2.22. The lowest BCUT2D eigenvalue weighted by Crippen LogP contribution is -1.69. The van der Waals surface area contributed by atoms with Crippen LogP contribution in [0.4, 0.5) is 0 Å². The largest absolute Gasteiger partial charge is 0.128 e. The van der Waals surface area contributed by atoms with Crippen LogP contribution >= 0.6 is 43.2 Å². The average Bonchev–Trinajstić information content (AvgIpc) is 2.47. The van der Waals surface area contributed by atoms with Crippen molar-refractivity contribution in [3.8, 4) is 10.4 Å². The summed E-state index contributed by atoms with van der Waals surface area (Å²) in [6.07, 6.45) is 0. The molecule has 0 fully saturated rings. The van der Waals surface area contributed by atoms with Crippen molar-refractivity contribution in [3.63, 3.8) is 0 Å². The second kappa shape index (κ2) is 3.95. The molecule has 0 nitrogen and oxygen atoms in total. The van der Waals surface area contributed by atoms with Gasteiger partial charge in [-0.2, -0.15) is 0 Å². The highest BCUT2D eigenvalue weighted by atomic mass is 79.9. The number of thiophene rings is 1. The predicted octanol–water partition coefficient (Wildman–Crippen LogP) is 4.94. The van der Waals surface area contributed by atoms with Gasteiger partial charge in [-0.05, 0) is 45.7 Å². The average molecular weight is 320 g/mol. The zero-order valence-corrected chi connectivity index (χ0v) is 10.5. The van der Waals surface area contributed by atoms with Gasteiger partial charge in [-0.3, -0.25) is 0 Å². The standard InChI is InChI=1S/C10H6Br2S/c11-8-3-1-7(2-4-8)9-5-6-10(12)13-9/h1-6H/i5D,6D. The first kappa shape index (κ1) is 7.21. The molecule has 1 aromatic carbocycles. The minimum Gasteiger partial charge on any atom is -0.128 e. The van der Waals surface area contributed by atoms with Crippen LogP contribution in [0, 0.1) is 0 Å². The molecule has 66 valence electrons. The molecule has 1 aromatic heterocycles. The molecule has 3 heteroatoms. The Morgan fingerprint density at radius 3 is 2.31 bits per heavy atom. The zero-order valence-electron chi connectivity index (χ0n) is 8.47. The van der Waals surface area contributed by atoms with Gasteiger partial charge < -0.3 is 0 Å². The van der Waals surface area contributed by atoms with Crippen LogP contribution in [0.1, 0.15) is 2.74 Å². The van der Waals surface area contributed by atoms with Gasteiger partial charge in [-0.15, -0.1) is 11.3 Å². The minimum absolute atomic E-state index is 0.262. The fourth-order valence-electron chi connectivity index (χ4n) is 0.979. The molecule has 0 aliphatic heterocycles. The van der Waals surface area contributed by atoms with Gasteiger partial charge in [0.25, 0.3) is 0 Å². The Kier molecular flexibility index (Phi) is 2.19. The molecular weight excluding hydrogens is 312 g/mol. The highest BCUT2D eigenvalue weighted by Crippen LogP contribution is 2.31. The van der Waals surface area contributed by atoms with Crippen molar-refractivity contribution in [2.45, 2.75) is 0 Å². The molecule has 2 rings (SSSR count). The summed E-state index contributed by atoms with van der Waals surface area (Å²) in [4.78, 5) is 0.833. The highest BCUT2D eigenvalue weighted by molar-refractivity contribution is 9.11. The molecule has 0 spiro atoms. The molecule has 0 saturated carbocycles. The summed E-state index contributed by atoms with van der Waals surface area (Å²) in [6.45, 7) is 0. The number of halogens is 2. The first-order valence-corrected chi connectivity index (χ1v) is 6.01. The lowest BCUT2D eigenvalue weighted by molar-refractivity contribution is 1.65. The van der Waals surface area contributed by atoms with E-state index >= 15 is 0 Å². The van der Waals surface area contributed by atoms with Gasteiger partial charge in [0.2, 0.25) is 0 Å². The highest BCUT2D eigenvalue weighted by Gasteiger charge is 1.99. The van der Waals surface area contributed by atoms with E-state index in [9.17, 15) is 0 Å². The molecule has 0 radical (unpaired) electrons. The molecule has 1 heterocycles. The summed E-state index contributed by atoms with van der Waals surface area (Å²) in [7, 11) is 0. The summed E-state index contributed by atoms with van der Waals surface area (Å²) < 4.78 is 17.1.